The van der Waals surface area contributed by atoms with Crippen LogP contribution >= 0.6 is 0 Å². The molecule has 0 unspecified atom stereocenters. The molecule has 5 heteroatoms. The van der Waals surface area contributed by atoms with E-state index in [2.05, 4.69) is 0 Å². The molecule has 22 heavy (non-hydrogen) atoms. The fourth-order valence-corrected chi connectivity index (χ4v) is 2.50. The van der Waals surface area contributed by atoms with Crippen molar-refractivity contribution in [3.05, 3.63) is 87.2 Å². The van der Waals surface area contributed by atoms with Crippen LogP contribution in [-0.2, 0) is 0 Å². The molecule has 2 aromatic heterocycles. The van der Waals surface area contributed by atoms with E-state index in [4.69, 9.17) is 8.83 Å². The SMILES string of the molecule is Cc1ccc(C(c2cccc([N+](=O)[O-])c2)c2ccc(C)o2)o1. The van der Waals surface area contributed by atoms with Gasteiger partial charge in [-0.2, -0.15) is 0 Å². The number of aryl methyl sites for hydroxylation is 2. The topological polar surface area (TPSA) is 69.4 Å². The van der Waals surface area contributed by atoms with Crippen LogP contribution in [0.5, 0.6) is 0 Å². The van der Waals surface area contributed by atoms with E-state index in [1.165, 1.54) is 6.07 Å². The van der Waals surface area contributed by atoms with E-state index in [9.17, 15) is 10.1 Å². The molecular formula is C17H15NO4. The van der Waals surface area contributed by atoms with Crippen molar-refractivity contribution >= 4 is 5.69 Å². The number of nitrogens with zero attached hydrogens (tertiary/aromatic N) is 1. The zero-order chi connectivity index (χ0) is 15.7. The minimum atomic E-state index is -0.401. The van der Waals surface area contributed by atoms with Crippen LogP contribution in [0, 0.1) is 24.0 Å². The average Bonchev–Trinajstić information content (AvgIpc) is 3.09. The smallest absolute Gasteiger partial charge is 0.269 e. The van der Waals surface area contributed by atoms with Crippen molar-refractivity contribution in [2.75, 3.05) is 0 Å². The molecule has 1 aromatic carbocycles. The second-order valence-electron chi connectivity index (χ2n) is 5.18. The Balaban J connectivity index is 2.13. The van der Waals surface area contributed by atoms with E-state index < -0.39 is 4.92 Å². The molecule has 112 valence electrons. The third-order valence-electron chi connectivity index (χ3n) is 3.51. The summed E-state index contributed by atoms with van der Waals surface area (Å²) in [6, 6.07) is 14.0. The first-order valence-corrected chi connectivity index (χ1v) is 6.91. The summed E-state index contributed by atoms with van der Waals surface area (Å²) in [6.07, 6.45) is 0. The molecule has 0 spiro atoms. The summed E-state index contributed by atoms with van der Waals surface area (Å²) in [6.45, 7) is 3.72. The normalized spacial score (nSPS) is 11.0. The number of nitro groups is 1. The van der Waals surface area contributed by atoms with Gasteiger partial charge in [0.1, 0.15) is 29.0 Å². The molecule has 3 rings (SSSR count). The monoisotopic (exact) mass is 297 g/mol. The van der Waals surface area contributed by atoms with Crippen LogP contribution in [-0.4, -0.2) is 4.92 Å². The predicted molar refractivity (Wildman–Crippen MR) is 80.9 cm³/mol. The second-order valence-corrected chi connectivity index (χ2v) is 5.18. The van der Waals surface area contributed by atoms with Crippen LogP contribution in [0.25, 0.3) is 0 Å². The third kappa shape index (κ3) is 2.65. The first-order chi connectivity index (χ1) is 10.5. The van der Waals surface area contributed by atoms with Crippen LogP contribution in [0.1, 0.15) is 34.5 Å². The Morgan fingerprint density at radius 3 is 2.00 bits per heavy atom. The predicted octanol–water partition coefficient (Wildman–Crippen LogP) is 4.58. The Kier molecular flexibility index (Phi) is 3.55. The highest BCUT2D eigenvalue weighted by molar-refractivity contribution is 5.42. The molecule has 0 aliphatic carbocycles. The Bertz CT molecular complexity index is 775. The molecule has 0 aliphatic heterocycles. The lowest BCUT2D eigenvalue weighted by Crippen LogP contribution is -2.02. The first kappa shape index (κ1) is 14.1. The lowest BCUT2D eigenvalue weighted by molar-refractivity contribution is -0.384. The van der Waals surface area contributed by atoms with Gasteiger partial charge in [-0.05, 0) is 43.7 Å². The fourth-order valence-electron chi connectivity index (χ4n) is 2.50. The summed E-state index contributed by atoms with van der Waals surface area (Å²) >= 11 is 0. The van der Waals surface area contributed by atoms with Gasteiger partial charge >= 0.3 is 0 Å². The van der Waals surface area contributed by atoms with E-state index in [1.807, 2.05) is 44.2 Å². The highest BCUT2D eigenvalue weighted by Crippen LogP contribution is 2.35. The van der Waals surface area contributed by atoms with Gasteiger partial charge in [-0.15, -0.1) is 0 Å². The lowest BCUT2D eigenvalue weighted by Gasteiger charge is -2.12. The minimum Gasteiger partial charge on any atom is -0.465 e. The maximum Gasteiger partial charge on any atom is 0.269 e. The number of hydrogen-bond donors (Lipinski definition) is 0. The zero-order valence-electron chi connectivity index (χ0n) is 12.3. The molecule has 5 nitrogen and oxygen atoms in total. The maximum absolute atomic E-state index is 11.0. The van der Waals surface area contributed by atoms with Crippen LogP contribution in [0.2, 0.25) is 0 Å². The van der Waals surface area contributed by atoms with Gasteiger partial charge in [0.25, 0.3) is 5.69 Å². The molecule has 0 bridgehead atoms. The highest BCUT2D eigenvalue weighted by Gasteiger charge is 2.24. The number of non-ortho nitro benzene ring substituents is 1. The standard InChI is InChI=1S/C17H15NO4/c1-11-6-8-15(21-11)17(16-9-7-12(2)22-16)13-4-3-5-14(10-13)18(19)20/h3-10,17H,1-2H3. The number of rotatable bonds is 4. The van der Waals surface area contributed by atoms with Gasteiger partial charge in [-0.1, -0.05) is 12.1 Å². The summed E-state index contributed by atoms with van der Waals surface area (Å²) in [5, 5.41) is 11.0. The fraction of sp³-hybridized carbons (Fsp3) is 0.176. The molecule has 0 radical (unpaired) electrons. The lowest BCUT2D eigenvalue weighted by atomic mass is 9.93. The van der Waals surface area contributed by atoms with E-state index in [1.54, 1.807) is 12.1 Å². The van der Waals surface area contributed by atoms with Crippen LogP contribution in [0.4, 0.5) is 5.69 Å². The van der Waals surface area contributed by atoms with Crippen molar-refractivity contribution in [1.82, 2.24) is 0 Å². The van der Waals surface area contributed by atoms with E-state index in [-0.39, 0.29) is 11.6 Å². The van der Waals surface area contributed by atoms with E-state index >= 15 is 0 Å². The maximum atomic E-state index is 11.0. The van der Waals surface area contributed by atoms with Gasteiger partial charge in [-0.25, -0.2) is 0 Å². The van der Waals surface area contributed by atoms with Crippen molar-refractivity contribution in [3.8, 4) is 0 Å². The molecule has 0 fully saturated rings. The van der Waals surface area contributed by atoms with E-state index in [0.29, 0.717) is 11.5 Å². The summed E-state index contributed by atoms with van der Waals surface area (Å²) in [4.78, 5) is 10.6. The average molecular weight is 297 g/mol. The number of hydrogen-bond acceptors (Lipinski definition) is 4. The van der Waals surface area contributed by atoms with Gasteiger partial charge in [0.2, 0.25) is 0 Å². The number of benzene rings is 1. The van der Waals surface area contributed by atoms with Crippen molar-refractivity contribution < 1.29 is 13.8 Å². The number of nitro benzene ring substituents is 1. The Morgan fingerprint density at radius 2 is 1.55 bits per heavy atom. The van der Waals surface area contributed by atoms with Crippen molar-refractivity contribution in [3.63, 3.8) is 0 Å². The highest BCUT2D eigenvalue weighted by atomic mass is 16.6. The summed E-state index contributed by atoms with van der Waals surface area (Å²) in [7, 11) is 0. The Labute approximate surface area is 127 Å². The van der Waals surface area contributed by atoms with Crippen LogP contribution < -0.4 is 0 Å². The van der Waals surface area contributed by atoms with Crippen molar-refractivity contribution in [2.45, 2.75) is 19.8 Å². The summed E-state index contributed by atoms with van der Waals surface area (Å²) in [5.74, 6) is 2.67. The first-order valence-electron chi connectivity index (χ1n) is 6.91. The summed E-state index contributed by atoms with van der Waals surface area (Å²) in [5.41, 5.74) is 0.812. The van der Waals surface area contributed by atoms with Crippen molar-refractivity contribution in [1.29, 1.82) is 0 Å². The van der Waals surface area contributed by atoms with Crippen molar-refractivity contribution in [2.24, 2.45) is 0 Å². The number of furan rings is 2. The van der Waals surface area contributed by atoms with Gasteiger partial charge < -0.3 is 8.83 Å². The molecule has 0 saturated carbocycles. The quantitative estimate of drug-likeness (QED) is 0.522. The molecule has 0 atom stereocenters. The molecule has 0 saturated heterocycles. The molecule has 0 N–H and O–H groups in total. The molecular weight excluding hydrogens is 282 g/mol. The van der Waals surface area contributed by atoms with E-state index in [0.717, 1.165) is 17.1 Å². The van der Waals surface area contributed by atoms with Gasteiger partial charge in [0, 0.05) is 12.1 Å². The van der Waals surface area contributed by atoms with Crippen LogP contribution in [0.15, 0.2) is 57.4 Å². The second kappa shape index (κ2) is 5.52. The molecule has 3 aromatic rings. The zero-order valence-corrected chi connectivity index (χ0v) is 12.3. The molecule has 2 heterocycles. The Morgan fingerprint density at radius 1 is 0.955 bits per heavy atom. The van der Waals surface area contributed by atoms with Gasteiger partial charge in [0.15, 0.2) is 0 Å². The Hall–Kier alpha value is -2.82. The van der Waals surface area contributed by atoms with Gasteiger partial charge in [-0.3, -0.25) is 10.1 Å². The van der Waals surface area contributed by atoms with Crippen LogP contribution in [0.3, 0.4) is 0 Å². The minimum absolute atomic E-state index is 0.0501. The molecule has 0 aliphatic rings. The largest absolute Gasteiger partial charge is 0.465 e. The van der Waals surface area contributed by atoms with Gasteiger partial charge in [0.05, 0.1) is 4.92 Å². The summed E-state index contributed by atoms with van der Waals surface area (Å²) < 4.78 is 11.5. The third-order valence-corrected chi connectivity index (χ3v) is 3.51. The molecule has 0 amide bonds.